The van der Waals surface area contributed by atoms with Crippen LogP contribution >= 0.6 is 0 Å². The second-order valence-corrected chi connectivity index (χ2v) is 3.83. The third kappa shape index (κ3) is 1.25. The van der Waals surface area contributed by atoms with Gasteiger partial charge in [-0.25, -0.2) is 0 Å². The van der Waals surface area contributed by atoms with Crippen molar-refractivity contribution < 1.29 is 0 Å². The van der Waals surface area contributed by atoms with E-state index in [9.17, 15) is 0 Å². The molecule has 11 heavy (non-hydrogen) atoms. The van der Waals surface area contributed by atoms with Gasteiger partial charge in [0.1, 0.15) is 5.54 Å². The maximum absolute atomic E-state index is 8.98. The van der Waals surface area contributed by atoms with Crippen LogP contribution in [0.4, 0.5) is 0 Å². The molecule has 0 aliphatic heterocycles. The molecule has 1 rings (SSSR count). The fraction of sp³-hybridized carbons (Fsp3) is 0.889. The van der Waals surface area contributed by atoms with Gasteiger partial charge in [-0.3, -0.25) is 5.32 Å². The molecule has 62 valence electrons. The predicted molar refractivity (Wildman–Crippen MR) is 45.0 cm³/mol. The molecule has 0 radical (unpaired) electrons. The van der Waals surface area contributed by atoms with Gasteiger partial charge in [0.05, 0.1) is 6.07 Å². The topological polar surface area (TPSA) is 35.8 Å². The summed E-state index contributed by atoms with van der Waals surface area (Å²) in [6, 6.07) is 2.37. The third-order valence-corrected chi connectivity index (χ3v) is 2.96. The molecule has 2 nitrogen and oxygen atoms in total. The lowest BCUT2D eigenvalue weighted by molar-refractivity contribution is 0.302. The lowest BCUT2D eigenvalue weighted by atomic mass is 9.85. The Morgan fingerprint density at radius 3 is 2.45 bits per heavy atom. The highest BCUT2D eigenvalue weighted by molar-refractivity contribution is 5.19. The molecular formula is C9H16N2. The SMILES string of the molecule is CCNC(C)(C#N)C1(C)CC1. The van der Waals surface area contributed by atoms with Gasteiger partial charge in [0.2, 0.25) is 0 Å². The number of nitrogens with zero attached hydrogens (tertiary/aromatic N) is 1. The minimum Gasteiger partial charge on any atom is -0.299 e. The van der Waals surface area contributed by atoms with Gasteiger partial charge in [0.15, 0.2) is 0 Å². The molecule has 0 saturated heterocycles. The Bertz CT molecular complexity index is 188. The summed E-state index contributed by atoms with van der Waals surface area (Å²) in [7, 11) is 0. The summed E-state index contributed by atoms with van der Waals surface area (Å²) < 4.78 is 0. The van der Waals surface area contributed by atoms with E-state index < -0.39 is 0 Å². The Morgan fingerprint density at radius 2 is 2.18 bits per heavy atom. The van der Waals surface area contributed by atoms with Crippen molar-refractivity contribution in [3.8, 4) is 6.07 Å². The van der Waals surface area contributed by atoms with E-state index >= 15 is 0 Å². The van der Waals surface area contributed by atoms with Crippen LogP contribution in [0, 0.1) is 16.7 Å². The van der Waals surface area contributed by atoms with Crippen LogP contribution in [0.1, 0.15) is 33.6 Å². The Morgan fingerprint density at radius 1 is 1.64 bits per heavy atom. The second-order valence-electron chi connectivity index (χ2n) is 3.83. The number of rotatable bonds is 3. The number of hydrogen-bond acceptors (Lipinski definition) is 2. The molecular weight excluding hydrogens is 136 g/mol. The first-order chi connectivity index (χ1) is 5.08. The molecule has 0 amide bonds. The highest BCUT2D eigenvalue weighted by Gasteiger charge is 2.53. The van der Waals surface area contributed by atoms with Crippen LogP contribution in [0.5, 0.6) is 0 Å². The third-order valence-electron chi connectivity index (χ3n) is 2.96. The van der Waals surface area contributed by atoms with Crippen LogP contribution in [-0.4, -0.2) is 12.1 Å². The molecule has 1 aliphatic carbocycles. The molecule has 1 atom stereocenters. The van der Waals surface area contributed by atoms with Crippen molar-refractivity contribution in [1.29, 1.82) is 5.26 Å². The van der Waals surface area contributed by atoms with E-state index in [1.165, 1.54) is 12.8 Å². The second kappa shape index (κ2) is 2.49. The molecule has 0 spiro atoms. The molecule has 0 bridgehead atoms. The standard InChI is InChI=1S/C9H16N2/c1-4-11-9(3,7-10)8(2)5-6-8/h11H,4-6H2,1-3H3. The molecule has 0 aromatic rings. The molecule has 1 saturated carbocycles. The monoisotopic (exact) mass is 152 g/mol. The largest absolute Gasteiger partial charge is 0.299 e. The summed E-state index contributed by atoms with van der Waals surface area (Å²) in [4.78, 5) is 0. The van der Waals surface area contributed by atoms with Crippen molar-refractivity contribution in [3.63, 3.8) is 0 Å². The van der Waals surface area contributed by atoms with Gasteiger partial charge in [0, 0.05) is 0 Å². The van der Waals surface area contributed by atoms with Crippen LogP contribution in [0.25, 0.3) is 0 Å². The average Bonchev–Trinajstić information content (AvgIpc) is 2.70. The van der Waals surface area contributed by atoms with Gasteiger partial charge >= 0.3 is 0 Å². The number of hydrogen-bond donors (Lipinski definition) is 1. The quantitative estimate of drug-likeness (QED) is 0.667. The summed E-state index contributed by atoms with van der Waals surface area (Å²) in [5, 5.41) is 12.2. The van der Waals surface area contributed by atoms with Gasteiger partial charge in [-0.15, -0.1) is 0 Å². The van der Waals surface area contributed by atoms with E-state index in [0.717, 1.165) is 6.54 Å². The van der Waals surface area contributed by atoms with E-state index in [-0.39, 0.29) is 11.0 Å². The van der Waals surface area contributed by atoms with Crippen molar-refractivity contribution >= 4 is 0 Å². The zero-order chi connectivity index (χ0) is 8.54. The highest BCUT2D eigenvalue weighted by atomic mass is 15.0. The summed E-state index contributed by atoms with van der Waals surface area (Å²) in [5.41, 5.74) is -0.0699. The smallest absolute Gasteiger partial charge is 0.109 e. The maximum atomic E-state index is 8.98. The van der Waals surface area contributed by atoms with Crippen LogP contribution < -0.4 is 5.32 Å². The van der Waals surface area contributed by atoms with Gasteiger partial charge in [-0.2, -0.15) is 5.26 Å². The van der Waals surface area contributed by atoms with Gasteiger partial charge in [-0.05, 0) is 31.7 Å². The predicted octanol–water partition coefficient (Wildman–Crippen LogP) is 1.68. The zero-order valence-corrected chi connectivity index (χ0v) is 7.57. The lowest BCUT2D eigenvalue weighted by Crippen LogP contribution is -2.47. The van der Waals surface area contributed by atoms with Crippen LogP contribution in [0.15, 0.2) is 0 Å². The summed E-state index contributed by atoms with van der Waals surface area (Å²) >= 11 is 0. The summed E-state index contributed by atoms with van der Waals surface area (Å²) in [6.07, 6.45) is 2.37. The molecule has 1 aliphatic rings. The van der Waals surface area contributed by atoms with Crippen LogP contribution in [-0.2, 0) is 0 Å². The van der Waals surface area contributed by atoms with Gasteiger partial charge < -0.3 is 0 Å². The molecule has 0 aromatic carbocycles. The van der Waals surface area contributed by atoms with Crippen molar-refractivity contribution in [2.75, 3.05) is 6.54 Å². The van der Waals surface area contributed by atoms with E-state index in [1.807, 2.05) is 13.8 Å². The van der Waals surface area contributed by atoms with E-state index in [2.05, 4.69) is 18.3 Å². The number of nitrogens with one attached hydrogen (secondary N) is 1. The van der Waals surface area contributed by atoms with Crippen LogP contribution in [0.2, 0.25) is 0 Å². The van der Waals surface area contributed by atoms with Gasteiger partial charge in [-0.1, -0.05) is 13.8 Å². The summed E-state index contributed by atoms with van der Waals surface area (Å²) in [5.74, 6) is 0. The molecule has 1 unspecified atom stereocenters. The minimum absolute atomic E-state index is 0.234. The molecule has 0 aromatic heterocycles. The fourth-order valence-electron chi connectivity index (χ4n) is 1.43. The first-order valence-corrected chi connectivity index (χ1v) is 4.24. The van der Waals surface area contributed by atoms with Gasteiger partial charge in [0.25, 0.3) is 0 Å². The highest BCUT2D eigenvalue weighted by Crippen LogP contribution is 2.53. The molecule has 1 N–H and O–H groups in total. The average molecular weight is 152 g/mol. The molecule has 0 heterocycles. The molecule has 1 fully saturated rings. The first kappa shape index (κ1) is 8.55. The Hall–Kier alpha value is -0.550. The minimum atomic E-state index is -0.304. The Labute approximate surface area is 68.6 Å². The van der Waals surface area contributed by atoms with Crippen molar-refractivity contribution in [1.82, 2.24) is 5.32 Å². The Kier molecular flexibility index (Phi) is 1.94. The Balaban J connectivity index is 2.69. The van der Waals surface area contributed by atoms with E-state index in [0.29, 0.717) is 0 Å². The number of nitriles is 1. The van der Waals surface area contributed by atoms with E-state index in [4.69, 9.17) is 5.26 Å². The maximum Gasteiger partial charge on any atom is 0.109 e. The normalized spacial score (nSPS) is 25.3. The van der Waals surface area contributed by atoms with Crippen molar-refractivity contribution in [2.45, 2.75) is 39.2 Å². The van der Waals surface area contributed by atoms with E-state index in [1.54, 1.807) is 0 Å². The lowest BCUT2D eigenvalue weighted by Gasteiger charge is -2.29. The van der Waals surface area contributed by atoms with Crippen molar-refractivity contribution in [3.05, 3.63) is 0 Å². The summed E-state index contributed by atoms with van der Waals surface area (Å²) in [6.45, 7) is 7.10. The first-order valence-electron chi connectivity index (χ1n) is 4.24. The molecule has 2 heteroatoms. The zero-order valence-electron chi connectivity index (χ0n) is 7.57. The van der Waals surface area contributed by atoms with Crippen LogP contribution in [0.3, 0.4) is 0 Å². The van der Waals surface area contributed by atoms with Crippen molar-refractivity contribution in [2.24, 2.45) is 5.41 Å². The fourth-order valence-corrected chi connectivity index (χ4v) is 1.43.